The number of halogens is 3. The molecule has 0 unspecified atom stereocenters. The SMILES string of the molecule is O=Cc1cccc(Cl)c1Oc1ccc(F)c(Br)c1. The summed E-state index contributed by atoms with van der Waals surface area (Å²) >= 11 is 9.02. The van der Waals surface area contributed by atoms with Crippen LogP contribution >= 0.6 is 27.5 Å². The molecule has 0 N–H and O–H groups in total. The zero-order valence-electron chi connectivity index (χ0n) is 8.99. The summed E-state index contributed by atoms with van der Waals surface area (Å²) in [6.07, 6.45) is 0.653. The van der Waals surface area contributed by atoms with E-state index in [1.54, 1.807) is 18.2 Å². The summed E-state index contributed by atoms with van der Waals surface area (Å²) in [7, 11) is 0. The van der Waals surface area contributed by atoms with Crippen LogP contribution in [-0.4, -0.2) is 6.29 Å². The third-order valence-corrected chi connectivity index (χ3v) is 3.14. The topological polar surface area (TPSA) is 26.3 Å². The molecule has 0 amide bonds. The van der Waals surface area contributed by atoms with Gasteiger partial charge in [0.15, 0.2) is 12.0 Å². The average Bonchev–Trinajstić information content (AvgIpc) is 2.36. The second-order valence-corrected chi connectivity index (χ2v) is 4.72. The van der Waals surface area contributed by atoms with Gasteiger partial charge in [-0.3, -0.25) is 4.79 Å². The number of para-hydroxylation sites is 1. The maximum absolute atomic E-state index is 13.1. The fourth-order valence-electron chi connectivity index (χ4n) is 1.38. The summed E-state index contributed by atoms with van der Waals surface area (Å²) in [5.74, 6) is 0.254. The molecule has 0 saturated heterocycles. The van der Waals surface area contributed by atoms with Gasteiger partial charge in [0, 0.05) is 0 Å². The Bertz CT molecular complexity index is 602. The maximum Gasteiger partial charge on any atom is 0.156 e. The van der Waals surface area contributed by atoms with Crippen molar-refractivity contribution in [3.8, 4) is 11.5 Å². The number of benzene rings is 2. The van der Waals surface area contributed by atoms with E-state index in [9.17, 15) is 9.18 Å². The lowest BCUT2D eigenvalue weighted by molar-refractivity contribution is 0.112. The Balaban J connectivity index is 2.39. The van der Waals surface area contributed by atoms with E-state index in [1.807, 2.05) is 0 Å². The normalized spacial score (nSPS) is 10.2. The number of carbonyl (C=O) groups excluding carboxylic acids is 1. The highest BCUT2D eigenvalue weighted by Gasteiger charge is 2.10. The first-order chi connectivity index (χ1) is 8.61. The molecule has 5 heteroatoms. The molecule has 18 heavy (non-hydrogen) atoms. The fourth-order valence-corrected chi connectivity index (χ4v) is 1.96. The van der Waals surface area contributed by atoms with E-state index in [-0.39, 0.29) is 10.2 Å². The van der Waals surface area contributed by atoms with Crippen molar-refractivity contribution in [2.24, 2.45) is 0 Å². The van der Waals surface area contributed by atoms with Crippen molar-refractivity contribution in [1.82, 2.24) is 0 Å². The number of hydrogen-bond donors (Lipinski definition) is 0. The highest BCUT2D eigenvalue weighted by molar-refractivity contribution is 9.10. The third-order valence-electron chi connectivity index (χ3n) is 2.24. The third kappa shape index (κ3) is 2.71. The first-order valence-corrected chi connectivity index (χ1v) is 6.15. The molecule has 0 aliphatic rings. The Kier molecular flexibility index (Phi) is 3.99. The summed E-state index contributed by atoms with van der Waals surface area (Å²) in [5, 5.41) is 0.319. The maximum atomic E-state index is 13.1. The lowest BCUT2D eigenvalue weighted by atomic mass is 10.2. The van der Waals surface area contributed by atoms with Crippen LogP contribution in [0.15, 0.2) is 40.9 Å². The van der Waals surface area contributed by atoms with E-state index in [0.29, 0.717) is 22.6 Å². The standard InChI is InChI=1S/C13H7BrClFO2/c14-10-6-9(4-5-12(10)16)18-13-8(7-17)2-1-3-11(13)15/h1-7H. The van der Waals surface area contributed by atoms with Gasteiger partial charge < -0.3 is 4.74 Å². The van der Waals surface area contributed by atoms with Gasteiger partial charge in [0.1, 0.15) is 11.6 Å². The molecule has 0 fully saturated rings. The highest BCUT2D eigenvalue weighted by atomic mass is 79.9. The van der Waals surface area contributed by atoms with Crippen molar-refractivity contribution in [2.45, 2.75) is 0 Å². The Hall–Kier alpha value is -1.39. The highest BCUT2D eigenvalue weighted by Crippen LogP contribution is 2.33. The van der Waals surface area contributed by atoms with E-state index in [0.717, 1.165) is 0 Å². The van der Waals surface area contributed by atoms with Gasteiger partial charge in [0.2, 0.25) is 0 Å². The van der Waals surface area contributed by atoms with Gasteiger partial charge in [-0.05, 0) is 46.3 Å². The molecule has 2 rings (SSSR count). The molecule has 2 nitrogen and oxygen atoms in total. The van der Waals surface area contributed by atoms with Gasteiger partial charge in [0.25, 0.3) is 0 Å². The summed E-state index contributed by atoms with van der Waals surface area (Å²) in [6.45, 7) is 0. The lowest BCUT2D eigenvalue weighted by Crippen LogP contribution is -1.92. The van der Waals surface area contributed by atoms with Gasteiger partial charge >= 0.3 is 0 Å². The van der Waals surface area contributed by atoms with Crippen LogP contribution < -0.4 is 4.74 Å². The molecule has 0 aliphatic heterocycles. The minimum Gasteiger partial charge on any atom is -0.455 e. The van der Waals surface area contributed by atoms with Crippen LogP contribution in [0.25, 0.3) is 0 Å². The predicted octanol–water partition coefficient (Wildman–Crippen LogP) is 4.85. The largest absolute Gasteiger partial charge is 0.455 e. The van der Waals surface area contributed by atoms with Crippen LogP contribution in [0.1, 0.15) is 10.4 Å². The number of rotatable bonds is 3. The summed E-state index contributed by atoms with van der Waals surface area (Å²) in [4.78, 5) is 10.9. The van der Waals surface area contributed by atoms with E-state index >= 15 is 0 Å². The fraction of sp³-hybridized carbons (Fsp3) is 0. The Morgan fingerprint density at radius 2 is 2.06 bits per heavy atom. The van der Waals surface area contributed by atoms with E-state index < -0.39 is 5.82 Å². The van der Waals surface area contributed by atoms with Crippen LogP contribution in [0.5, 0.6) is 11.5 Å². The second-order valence-electron chi connectivity index (χ2n) is 3.45. The van der Waals surface area contributed by atoms with Gasteiger partial charge in [-0.25, -0.2) is 4.39 Å². The summed E-state index contributed by atoms with van der Waals surface area (Å²) in [5.41, 5.74) is 0.336. The van der Waals surface area contributed by atoms with Crippen LogP contribution in [0.4, 0.5) is 4.39 Å². The van der Waals surface area contributed by atoms with E-state index in [2.05, 4.69) is 15.9 Å². The van der Waals surface area contributed by atoms with Crippen LogP contribution in [0.2, 0.25) is 5.02 Å². The Morgan fingerprint density at radius 1 is 1.28 bits per heavy atom. The minimum atomic E-state index is -0.392. The molecular formula is C13H7BrClFO2. The minimum absolute atomic E-state index is 0.257. The first kappa shape index (κ1) is 13.1. The molecule has 0 bridgehead atoms. The van der Waals surface area contributed by atoms with Gasteiger partial charge in [0.05, 0.1) is 15.1 Å². The van der Waals surface area contributed by atoms with Gasteiger partial charge in [-0.15, -0.1) is 0 Å². The first-order valence-electron chi connectivity index (χ1n) is 4.98. The molecule has 0 radical (unpaired) electrons. The summed E-state index contributed by atoms with van der Waals surface area (Å²) < 4.78 is 18.9. The molecule has 0 spiro atoms. The Morgan fingerprint density at radius 3 is 2.72 bits per heavy atom. The number of hydrogen-bond acceptors (Lipinski definition) is 2. The molecule has 0 saturated carbocycles. The molecule has 2 aromatic carbocycles. The molecule has 92 valence electrons. The summed E-state index contributed by atoms with van der Waals surface area (Å²) in [6, 6.07) is 9.04. The van der Waals surface area contributed by atoms with Crippen LogP contribution in [-0.2, 0) is 0 Å². The van der Waals surface area contributed by atoms with E-state index in [4.69, 9.17) is 16.3 Å². The zero-order chi connectivity index (χ0) is 13.1. The quantitative estimate of drug-likeness (QED) is 0.753. The van der Waals surface area contributed by atoms with Crippen molar-refractivity contribution in [1.29, 1.82) is 0 Å². The molecule has 0 heterocycles. The number of ether oxygens (including phenoxy) is 1. The molecular weight excluding hydrogens is 322 g/mol. The van der Waals surface area contributed by atoms with Gasteiger partial charge in [-0.2, -0.15) is 0 Å². The van der Waals surface area contributed by atoms with Crippen molar-refractivity contribution in [3.05, 3.63) is 57.3 Å². The second kappa shape index (κ2) is 5.50. The van der Waals surface area contributed by atoms with Crippen molar-refractivity contribution in [2.75, 3.05) is 0 Å². The van der Waals surface area contributed by atoms with Crippen molar-refractivity contribution in [3.63, 3.8) is 0 Å². The van der Waals surface area contributed by atoms with E-state index in [1.165, 1.54) is 18.2 Å². The zero-order valence-corrected chi connectivity index (χ0v) is 11.3. The van der Waals surface area contributed by atoms with Crippen LogP contribution in [0, 0.1) is 5.82 Å². The van der Waals surface area contributed by atoms with Crippen LogP contribution in [0.3, 0.4) is 0 Å². The lowest BCUT2D eigenvalue weighted by Gasteiger charge is -2.10. The average molecular weight is 330 g/mol. The molecule has 0 aromatic heterocycles. The molecule has 0 aliphatic carbocycles. The molecule has 2 aromatic rings. The predicted molar refractivity (Wildman–Crippen MR) is 71.0 cm³/mol. The Labute approximate surface area is 116 Å². The number of aldehydes is 1. The smallest absolute Gasteiger partial charge is 0.156 e. The molecule has 0 atom stereocenters. The van der Waals surface area contributed by atoms with Crippen molar-refractivity contribution >= 4 is 33.8 Å². The number of carbonyl (C=O) groups is 1. The monoisotopic (exact) mass is 328 g/mol. The van der Waals surface area contributed by atoms with Gasteiger partial charge in [-0.1, -0.05) is 17.7 Å². The van der Waals surface area contributed by atoms with Crippen molar-refractivity contribution < 1.29 is 13.9 Å².